The second kappa shape index (κ2) is 6.30. The second-order valence-electron chi connectivity index (χ2n) is 3.77. The quantitative estimate of drug-likeness (QED) is 0.403. The summed E-state index contributed by atoms with van der Waals surface area (Å²) in [6, 6.07) is 0. The van der Waals surface area contributed by atoms with Crippen molar-refractivity contribution in [3.63, 3.8) is 0 Å². The van der Waals surface area contributed by atoms with Crippen molar-refractivity contribution < 1.29 is 18.9 Å². The number of hydrogen-bond acceptors (Lipinski definition) is 2. The number of terminal acetylenes is 1. The van der Waals surface area contributed by atoms with Crippen LogP contribution >= 0.6 is 7.82 Å². The third-order valence-corrected chi connectivity index (χ3v) is 2.77. The van der Waals surface area contributed by atoms with Gasteiger partial charge in [0.05, 0.1) is 0 Å². The molecule has 0 aromatic heterocycles. The Bertz CT molecular complexity index is 265. The first-order valence-corrected chi connectivity index (χ1v) is 6.60. The van der Waals surface area contributed by atoms with E-state index >= 15 is 0 Å². The van der Waals surface area contributed by atoms with Crippen molar-refractivity contribution in [3.8, 4) is 12.3 Å². The summed E-state index contributed by atoms with van der Waals surface area (Å²) < 4.78 is 15.3. The molecule has 15 heavy (non-hydrogen) atoms. The molecule has 0 saturated carbocycles. The van der Waals surface area contributed by atoms with Gasteiger partial charge in [0.2, 0.25) is 0 Å². The zero-order valence-corrected chi connectivity index (χ0v) is 10.2. The van der Waals surface area contributed by atoms with E-state index in [9.17, 15) is 4.57 Å². The molecule has 5 heteroatoms. The highest BCUT2D eigenvalue weighted by atomic mass is 31.2. The van der Waals surface area contributed by atoms with Crippen molar-refractivity contribution in [2.75, 3.05) is 0 Å². The Morgan fingerprint density at radius 1 is 1.40 bits per heavy atom. The smallest absolute Gasteiger partial charge is 0.303 e. The topological polar surface area (TPSA) is 66.8 Å². The predicted octanol–water partition coefficient (Wildman–Crippen LogP) is 2.46. The van der Waals surface area contributed by atoms with Gasteiger partial charge in [0.25, 0.3) is 0 Å². The Labute approximate surface area is 91.3 Å². The van der Waals surface area contributed by atoms with Crippen molar-refractivity contribution in [1.29, 1.82) is 0 Å². The van der Waals surface area contributed by atoms with Gasteiger partial charge in [0, 0.05) is 0 Å². The van der Waals surface area contributed by atoms with Crippen molar-refractivity contribution in [1.82, 2.24) is 0 Å². The van der Waals surface area contributed by atoms with E-state index in [1.807, 2.05) is 0 Å². The zero-order chi connectivity index (χ0) is 11.9. The summed E-state index contributed by atoms with van der Waals surface area (Å²) in [6.45, 7) is 3.62. The van der Waals surface area contributed by atoms with Crippen molar-refractivity contribution in [2.24, 2.45) is 0 Å². The van der Waals surface area contributed by atoms with Gasteiger partial charge < -0.3 is 9.79 Å². The van der Waals surface area contributed by atoms with E-state index < -0.39 is 13.4 Å². The first-order valence-electron chi connectivity index (χ1n) is 5.07. The molecule has 0 amide bonds. The lowest BCUT2D eigenvalue weighted by atomic mass is 9.99. The first kappa shape index (κ1) is 14.7. The van der Waals surface area contributed by atoms with Crippen LogP contribution in [0.3, 0.4) is 0 Å². The van der Waals surface area contributed by atoms with E-state index in [0.29, 0.717) is 6.42 Å². The summed E-state index contributed by atoms with van der Waals surface area (Å²) in [4.78, 5) is 17.4. The van der Waals surface area contributed by atoms with E-state index in [-0.39, 0.29) is 0 Å². The Morgan fingerprint density at radius 3 is 2.40 bits per heavy atom. The largest absolute Gasteiger partial charge is 0.471 e. The van der Waals surface area contributed by atoms with Crippen LogP contribution < -0.4 is 0 Å². The molecular weight excluding hydrogens is 215 g/mol. The third kappa shape index (κ3) is 7.58. The normalized spacial score (nSPS) is 15.7. The lowest BCUT2D eigenvalue weighted by Crippen LogP contribution is -2.25. The Hall–Kier alpha value is -0.330. The highest BCUT2D eigenvalue weighted by molar-refractivity contribution is 7.46. The van der Waals surface area contributed by atoms with E-state index in [0.717, 1.165) is 25.7 Å². The molecule has 0 aliphatic rings. The van der Waals surface area contributed by atoms with Crippen LogP contribution in [0, 0.1) is 12.3 Å². The summed E-state index contributed by atoms with van der Waals surface area (Å²) >= 11 is 0. The highest BCUT2D eigenvalue weighted by Gasteiger charge is 2.30. The second-order valence-corrected chi connectivity index (χ2v) is 4.93. The van der Waals surface area contributed by atoms with Gasteiger partial charge in [-0.3, -0.25) is 4.52 Å². The van der Waals surface area contributed by atoms with E-state index in [1.54, 1.807) is 0 Å². The van der Waals surface area contributed by atoms with Crippen LogP contribution in [0.15, 0.2) is 0 Å². The minimum absolute atomic E-state index is 0.467. The van der Waals surface area contributed by atoms with Gasteiger partial charge in [-0.25, -0.2) is 4.57 Å². The lowest BCUT2D eigenvalue weighted by Gasteiger charge is -2.23. The molecule has 1 atom stereocenters. The predicted molar refractivity (Wildman–Crippen MR) is 59.1 cm³/mol. The maximum atomic E-state index is 10.7. The van der Waals surface area contributed by atoms with E-state index in [1.165, 1.54) is 6.92 Å². The SMILES string of the molecule is C#CC(C)(CCCCCC)OP(=O)(O)O. The fraction of sp³-hybridized carbons (Fsp3) is 0.800. The Morgan fingerprint density at radius 2 is 2.00 bits per heavy atom. The molecule has 88 valence electrons. The lowest BCUT2D eigenvalue weighted by molar-refractivity contribution is 0.0869. The molecule has 0 spiro atoms. The zero-order valence-electron chi connectivity index (χ0n) is 9.27. The van der Waals surface area contributed by atoms with Gasteiger partial charge in [-0.15, -0.1) is 6.42 Å². The minimum atomic E-state index is -4.50. The maximum absolute atomic E-state index is 10.7. The van der Waals surface area contributed by atoms with Crippen LogP contribution in [0.1, 0.15) is 46.0 Å². The van der Waals surface area contributed by atoms with Crippen molar-refractivity contribution in [2.45, 2.75) is 51.6 Å². The number of hydrogen-bond donors (Lipinski definition) is 2. The number of unbranched alkanes of at least 4 members (excludes halogenated alkanes) is 3. The molecule has 0 aliphatic carbocycles. The van der Waals surface area contributed by atoms with Gasteiger partial charge in [-0.1, -0.05) is 32.1 Å². The molecule has 0 radical (unpaired) electrons. The summed E-state index contributed by atoms with van der Waals surface area (Å²) in [5.41, 5.74) is -1.16. The van der Waals surface area contributed by atoms with Crippen LogP contribution in [-0.2, 0) is 9.09 Å². The molecule has 2 N–H and O–H groups in total. The summed E-state index contributed by atoms with van der Waals surface area (Å²) in [5.74, 6) is 2.30. The molecule has 0 aromatic carbocycles. The molecule has 0 fully saturated rings. The highest BCUT2D eigenvalue weighted by Crippen LogP contribution is 2.42. The van der Waals surface area contributed by atoms with Crippen molar-refractivity contribution >= 4 is 7.82 Å². The van der Waals surface area contributed by atoms with Crippen LogP contribution in [0.2, 0.25) is 0 Å². The van der Waals surface area contributed by atoms with Crippen LogP contribution in [-0.4, -0.2) is 15.4 Å². The monoisotopic (exact) mass is 234 g/mol. The van der Waals surface area contributed by atoms with Gasteiger partial charge in [-0.05, 0) is 19.8 Å². The Kier molecular flexibility index (Phi) is 6.16. The maximum Gasteiger partial charge on any atom is 0.471 e. The van der Waals surface area contributed by atoms with Crippen molar-refractivity contribution in [3.05, 3.63) is 0 Å². The first-order chi connectivity index (χ1) is 6.83. The third-order valence-electron chi connectivity index (χ3n) is 2.13. The fourth-order valence-corrected chi connectivity index (χ4v) is 1.96. The Balaban J connectivity index is 4.10. The average molecular weight is 234 g/mol. The van der Waals surface area contributed by atoms with E-state index in [4.69, 9.17) is 16.2 Å². The standard InChI is InChI=1S/C10H19O4P/c1-4-6-7-8-9-10(3,5-2)14-15(11,12)13/h2H,4,6-9H2,1,3H3,(H2,11,12,13). The minimum Gasteiger partial charge on any atom is -0.303 e. The molecule has 0 rings (SSSR count). The summed E-state index contributed by atoms with van der Waals surface area (Å²) in [5, 5.41) is 0. The molecule has 0 aromatic rings. The van der Waals surface area contributed by atoms with Gasteiger partial charge >= 0.3 is 7.82 Å². The molecule has 0 saturated heterocycles. The fourth-order valence-electron chi connectivity index (χ4n) is 1.30. The van der Waals surface area contributed by atoms with Crippen LogP contribution in [0.5, 0.6) is 0 Å². The summed E-state index contributed by atoms with van der Waals surface area (Å²) in [7, 11) is -4.50. The average Bonchev–Trinajstić information content (AvgIpc) is 2.10. The number of phosphoric acid groups is 1. The molecular formula is C10H19O4P. The number of rotatable bonds is 7. The van der Waals surface area contributed by atoms with Gasteiger partial charge in [0.1, 0.15) is 5.60 Å². The van der Waals surface area contributed by atoms with Crippen LogP contribution in [0.4, 0.5) is 0 Å². The van der Waals surface area contributed by atoms with Gasteiger partial charge in [-0.2, -0.15) is 0 Å². The summed E-state index contributed by atoms with van der Waals surface area (Å²) in [6.07, 6.45) is 9.69. The number of phosphoric ester groups is 1. The van der Waals surface area contributed by atoms with Crippen LogP contribution in [0.25, 0.3) is 0 Å². The molecule has 0 aliphatic heterocycles. The molecule has 0 bridgehead atoms. The molecule has 4 nitrogen and oxygen atoms in total. The molecule has 1 unspecified atom stereocenters. The van der Waals surface area contributed by atoms with Gasteiger partial charge in [0.15, 0.2) is 0 Å². The van der Waals surface area contributed by atoms with E-state index in [2.05, 4.69) is 17.4 Å². The molecule has 0 heterocycles.